The molecular formula is C19H24F2N2O3S. The summed E-state index contributed by atoms with van der Waals surface area (Å²) in [6, 6.07) is 3.57. The van der Waals surface area contributed by atoms with E-state index in [0.717, 1.165) is 24.1 Å². The van der Waals surface area contributed by atoms with Gasteiger partial charge in [0.2, 0.25) is 5.92 Å². The quantitative estimate of drug-likeness (QED) is 0.760. The molecule has 8 heteroatoms. The van der Waals surface area contributed by atoms with E-state index in [0.29, 0.717) is 30.2 Å². The highest BCUT2D eigenvalue weighted by atomic mass is 32.1. The van der Waals surface area contributed by atoms with E-state index in [2.05, 4.69) is 10.6 Å². The number of hydrogen-bond acceptors (Lipinski definition) is 4. The molecule has 2 atom stereocenters. The van der Waals surface area contributed by atoms with E-state index in [1.54, 1.807) is 6.07 Å². The van der Waals surface area contributed by atoms with E-state index >= 15 is 0 Å². The fraction of sp³-hybridized carbons (Fsp3) is 0.684. The third-order valence-electron chi connectivity index (χ3n) is 5.51. The van der Waals surface area contributed by atoms with Crippen LogP contribution in [0.5, 0.6) is 0 Å². The van der Waals surface area contributed by atoms with Gasteiger partial charge in [0, 0.05) is 35.7 Å². The molecular weight excluding hydrogens is 374 g/mol. The van der Waals surface area contributed by atoms with Crippen molar-refractivity contribution in [1.82, 2.24) is 10.6 Å². The van der Waals surface area contributed by atoms with Crippen molar-refractivity contribution in [3.63, 3.8) is 0 Å². The van der Waals surface area contributed by atoms with Gasteiger partial charge in [-0.25, -0.2) is 13.6 Å². The molecule has 5 nitrogen and oxygen atoms in total. The highest BCUT2D eigenvalue weighted by Gasteiger charge is 2.41. The largest absolute Gasteiger partial charge is 0.449 e. The van der Waals surface area contributed by atoms with Crippen molar-refractivity contribution < 1.29 is 23.1 Å². The van der Waals surface area contributed by atoms with Crippen molar-refractivity contribution >= 4 is 23.3 Å². The Bertz CT molecular complexity index is 710. The number of halogens is 2. The molecule has 0 bridgehead atoms. The summed E-state index contributed by atoms with van der Waals surface area (Å²) in [7, 11) is 0. The molecule has 0 unspecified atom stereocenters. The van der Waals surface area contributed by atoms with Crippen LogP contribution in [0.1, 0.15) is 65.4 Å². The number of carbonyl (C=O) groups is 2. The number of thiophene rings is 1. The topological polar surface area (TPSA) is 67.4 Å². The molecule has 1 heterocycles. The molecule has 148 valence electrons. The third-order valence-corrected chi connectivity index (χ3v) is 6.73. The molecule has 3 saturated carbocycles. The molecule has 1 aromatic heterocycles. The van der Waals surface area contributed by atoms with Crippen LogP contribution in [0.3, 0.4) is 0 Å². The standard InChI is InChI=1S/C19H24F2N2O3S/c20-19(21)7-5-12(6-8-19)22-17(24)16-4-3-15(27-16)13-9-14(13)23-18(25)26-10-11-1-2-11/h3-4,11-14H,1-2,5-10H2,(H,22,24)(H,23,25)/t13-,14-/m1/s1. The van der Waals surface area contributed by atoms with Crippen LogP contribution in [0, 0.1) is 5.92 Å². The Morgan fingerprint density at radius 2 is 1.89 bits per heavy atom. The van der Waals surface area contributed by atoms with Gasteiger partial charge in [-0.2, -0.15) is 0 Å². The molecule has 0 radical (unpaired) electrons. The summed E-state index contributed by atoms with van der Waals surface area (Å²) in [6.07, 6.45) is 3.06. The number of alkyl carbamates (subject to hydrolysis) is 1. The molecule has 0 aromatic carbocycles. The molecule has 27 heavy (non-hydrogen) atoms. The zero-order valence-corrected chi connectivity index (χ0v) is 15.8. The number of rotatable bonds is 6. The first-order chi connectivity index (χ1) is 12.9. The number of carbonyl (C=O) groups excluding carboxylic acids is 2. The lowest BCUT2D eigenvalue weighted by Crippen LogP contribution is -2.40. The molecule has 3 fully saturated rings. The Labute approximate surface area is 160 Å². The highest BCUT2D eigenvalue weighted by Crippen LogP contribution is 2.44. The fourth-order valence-corrected chi connectivity index (χ4v) is 4.54. The number of amides is 2. The number of alkyl halides is 2. The lowest BCUT2D eigenvalue weighted by atomic mass is 9.92. The Hall–Kier alpha value is -1.70. The van der Waals surface area contributed by atoms with Gasteiger partial charge in [-0.3, -0.25) is 4.79 Å². The Kier molecular flexibility index (Phi) is 5.09. The summed E-state index contributed by atoms with van der Waals surface area (Å²) in [4.78, 5) is 25.7. The lowest BCUT2D eigenvalue weighted by molar-refractivity contribution is -0.0399. The third kappa shape index (κ3) is 4.97. The van der Waals surface area contributed by atoms with Crippen LogP contribution >= 0.6 is 11.3 Å². The van der Waals surface area contributed by atoms with Crippen LogP contribution in [0.4, 0.5) is 13.6 Å². The minimum Gasteiger partial charge on any atom is -0.449 e. The summed E-state index contributed by atoms with van der Waals surface area (Å²) in [5.74, 6) is -2.03. The van der Waals surface area contributed by atoms with Crippen LogP contribution in [0.2, 0.25) is 0 Å². The van der Waals surface area contributed by atoms with E-state index in [1.165, 1.54) is 11.3 Å². The Morgan fingerprint density at radius 3 is 2.59 bits per heavy atom. The van der Waals surface area contributed by atoms with Crippen LogP contribution in [0.25, 0.3) is 0 Å². The smallest absolute Gasteiger partial charge is 0.407 e. The molecule has 4 rings (SSSR count). The maximum absolute atomic E-state index is 13.2. The van der Waals surface area contributed by atoms with E-state index < -0.39 is 5.92 Å². The van der Waals surface area contributed by atoms with Crippen molar-refractivity contribution in [3.8, 4) is 0 Å². The predicted octanol–water partition coefficient (Wildman–Crippen LogP) is 4.05. The number of hydrogen-bond donors (Lipinski definition) is 2. The van der Waals surface area contributed by atoms with Crippen molar-refractivity contribution in [2.24, 2.45) is 5.92 Å². The summed E-state index contributed by atoms with van der Waals surface area (Å²) in [5.41, 5.74) is 0. The maximum atomic E-state index is 13.2. The van der Waals surface area contributed by atoms with Gasteiger partial charge in [-0.05, 0) is 50.2 Å². The zero-order chi connectivity index (χ0) is 19.0. The van der Waals surface area contributed by atoms with Gasteiger partial charge in [0.25, 0.3) is 5.91 Å². The van der Waals surface area contributed by atoms with Crippen LogP contribution in [-0.4, -0.2) is 36.6 Å². The van der Waals surface area contributed by atoms with Crippen LogP contribution in [0.15, 0.2) is 12.1 Å². The molecule has 0 spiro atoms. The minimum absolute atomic E-state index is 0.0619. The first-order valence-corrected chi connectivity index (χ1v) is 10.4. The number of nitrogens with one attached hydrogen (secondary N) is 2. The van der Waals surface area contributed by atoms with Crippen molar-refractivity contribution in [2.45, 2.75) is 68.9 Å². The molecule has 3 aliphatic rings. The molecule has 1 aromatic rings. The van der Waals surface area contributed by atoms with Gasteiger partial charge in [0.05, 0.1) is 11.5 Å². The first kappa shape index (κ1) is 18.7. The second-order valence-electron chi connectivity index (χ2n) is 7.94. The van der Waals surface area contributed by atoms with Crippen molar-refractivity contribution in [2.75, 3.05) is 6.61 Å². The van der Waals surface area contributed by atoms with Gasteiger partial charge in [-0.1, -0.05) is 0 Å². The second kappa shape index (κ2) is 7.37. The summed E-state index contributed by atoms with van der Waals surface area (Å²) in [5, 5.41) is 5.74. The van der Waals surface area contributed by atoms with Gasteiger partial charge in [-0.15, -0.1) is 11.3 Å². The Morgan fingerprint density at radius 1 is 1.15 bits per heavy atom. The summed E-state index contributed by atoms with van der Waals surface area (Å²) in [6.45, 7) is 0.500. The van der Waals surface area contributed by atoms with Gasteiger partial charge in [0.15, 0.2) is 0 Å². The van der Waals surface area contributed by atoms with E-state index in [4.69, 9.17) is 4.74 Å². The summed E-state index contributed by atoms with van der Waals surface area (Å²) >= 11 is 1.41. The van der Waals surface area contributed by atoms with E-state index in [9.17, 15) is 18.4 Å². The average Bonchev–Trinajstić information content (AvgIpc) is 3.54. The molecule has 0 saturated heterocycles. The first-order valence-electron chi connectivity index (χ1n) is 9.61. The van der Waals surface area contributed by atoms with Crippen molar-refractivity contribution in [3.05, 3.63) is 21.9 Å². The molecule has 0 aliphatic heterocycles. The second-order valence-corrected chi connectivity index (χ2v) is 9.06. The highest BCUT2D eigenvalue weighted by molar-refractivity contribution is 7.14. The normalized spacial score (nSPS) is 27.0. The van der Waals surface area contributed by atoms with Gasteiger partial charge in [0.1, 0.15) is 0 Å². The minimum atomic E-state index is -2.59. The SMILES string of the molecule is O=C(N[C@@H]1C[C@H]1c1ccc(C(=O)NC2CCC(F)(F)CC2)s1)OCC1CC1. The van der Waals surface area contributed by atoms with Gasteiger partial charge < -0.3 is 15.4 Å². The predicted molar refractivity (Wildman–Crippen MR) is 97.3 cm³/mol. The van der Waals surface area contributed by atoms with E-state index in [1.807, 2.05) is 6.07 Å². The molecule has 2 amide bonds. The van der Waals surface area contributed by atoms with E-state index in [-0.39, 0.29) is 42.8 Å². The molecule has 2 N–H and O–H groups in total. The Balaban J connectivity index is 1.23. The summed E-state index contributed by atoms with van der Waals surface area (Å²) < 4.78 is 31.6. The van der Waals surface area contributed by atoms with Crippen LogP contribution < -0.4 is 10.6 Å². The monoisotopic (exact) mass is 398 g/mol. The van der Waals surface area contributed by atoms with Crippen molar-refractivity contribution in [1.29, 1.82) is 0 Å². The lowest BCUT2D eigenvalue weighted by Gasteiger charge is -2.28. The zero-order valence-electron chi connectivity index (χ0n) is 15.0. The van der Waals surface area contributed by atoms with Crippen LogP contribution in [-0.2, 0) is 4.74 Å². The average molecular weight is 398 g/mol. The number of ether oxygens (including phenoxy) is 1. The maximum Gasteiger partial charge on any atom is 0.407 e. The fourth-order valence-electron chi connectivity index (χ4n) is 3.46. The van der Waals surface area contributed by atoms with Gasteiger partial charge >= 0.3 is 6.09 Å². The molecule has 3 aliphatic carbocycles.